The van der Waals surface area contributed by atoms with Crippen molar-refractivity contribution in [3.63, 3.8) is 0 Å². The molecule has 3 heteroatoms. The minimum atomic E-state index is 0.656. The lowest BCUT2D eigenvalue weighted by atomic mass is 10.6. The first-order chi connectivity index (χ1) is 4.41. The Kier molecular flexibility index (Phi) is 6.51. The van der Waals surface area contributed by atoms with Crippen LogP contribution in [0.2, 0.25) is 0 Å². The highest BCUT2D eigenvalue weighted by molar-refractivity contribution is 5.64. The standard InChI is InChI=1S/C6H11NO2/c1-9-6-4-7-3-2-5-8/h2-3,5,7H,4,6H2,1H3/b3-2-. The molecule has 0 aliphatic heterocycles. The van der Waals surface area contributed by atoms with Crippen LogP contribution in [0, 0.1) is 0 Å². The van der Waals surface area contributed by atoms with Crippen LogP contribution in [-0.2, 0) is 9.53 Å². The molecule has 0 amide bonds. The van der Waals surface area contributed by atoms with Crippen molar-refractivity contribution in [1.82, 2.24) is 5.32 Å². The topological polar surface area (TPSA) is 38.3 Å². The van der Waals surface area contributed by atoms with E-state index in [-0.39, 0.29) is 0 Å². The molecule has 9 heavy (non-hydrogen) atoms. The minimum absolute atomic E-state index is 0.656. The normalized spacial score (nSPS) is 9.89. The van der Waals surface area contributed by atoms with Gasteiger partial charge in [-0.1, -0.05) is 0 Å². The van der Waals surface area contributed by atoms with Crippen molar-refractivity contribution in [2.24, 2.45) is 0 Å². The van der Waals surface area contributed by atoms with Gasteiger partial charge in [0.05, 0.1) is 6.61 Å². The van der Waals surface area contributed by atoms with E-state index in [4.69, 9.17) is 4.74 Å². The van der Waals surface area contributed by atoms with Gasteiger partial charge in [-0.15, -0.1) is 0 Å². The Morgan fingerprint density at radius 2 is 2.44 bits per heavy atom. The fourth-order valence-electron chi connectivity index (χ4n) is 0.352. The molecule has 0 atom stereocenters. The van der Waals surface area contributed by atoms with E-state index in [1.54, 1.807) is 13.3 Å². The van der Waals surface area contributed by atoms with Crippen LogP contribution in [-0.4, -0.2) is 26.5 Å². The van der Waals surface area contributed by atoms with E-state index in [1.807, 2.05) is 0 Å². The Balaban J connectivity index is 2.90. The van der Waals surface area contributed by atoms with E-state index in [2.05, 4.69) is 5.32 Å². The quantitative estimate of drug-likeness (QED) is 0.321. The molecule has 0 saturated heterocycles. The molecule has 0 bridgehead atoms. The van der Waals surface area contributed by atoms with Gasteiger partial charge in [-0.25, -0.2) is 0 Å². The van der Waals surface area contributed by atoms with Gasteiger partial charge in [0.1, 0.15) is 6.29 Å². The van der Waals surface area contributed by atoms with Crippen LogP contribution in [0.15, 0.2) is 12.3 Å². The molecule has 0 aliphatic carbocycles. The number of ether oxygens (including phenoxy) is 1. The zero-order valence-electron chi connectivity index (χ0n) is 5.46. The smallest absolute Gasteiger partial charge is 0.144 e. The van der Waals surface area contributed by atoms with Crippen LogP contribution in [0.3, 0.4) is 0 Å². The second-order valence-electron chi connectivity index (χ2n) is 1.44. The fraction of sp³-hybridized carbons (Fsp3) is 0.500. The Morgan fingerprint density at radius 1 is 1.67 bits per heavy atom. The lowest BCUT2D eigenvalue weighted by molar-refractivity contribution is -0.104. The van der Waals surface area contributed by atoms with Crippen molar-refractivity contribution >= 4 is 6.29 Å². The average molecular weight is 129 g/mol. The number of carbonyl (C=O) groups excluding carboxylic acids is 1. The van der Waals surface area contributed by atoms with Gasteiger partial charge in [-0.2, -0.15) is 0 Å². The van der Waals surface area contributed by atoms with E-state index < -0.39 is 0 Å². The van der Waals surface area contributed by atoms with Gasteiger partial charge in [-0.05, 0) is 12.3 Å². The summed E-state index contributed by atoms with van der Waals surface area (Å²) in [5, 5.41) is 2.85. The summed E-state index contributed by atoms with van der Waals surface area (Å²) in [7, 11) is 1.63. The van der Waals surface area contributed by atoms with Gasteiger partial charge < -0.3 is 10.1 Å². The van der Waals surface area contributed by atoms with Crippen LogP contribution in [0.5, 0.6) is 0 Å². The molecule has 0 aromatic heterocycles. The highest BCUT2D eigenvalue weighted by Gasteiger charge is 1.75. The summed E-state index contributed by atoms with van der Waals surface area (Å²) >= 11 is 0. The van der Waals surface area contributed by atoms with Gasteiger partial charge in [0, 0.05) is 13.7 Å². The largest absolute Gasteiger partial charge is 0.388 e. The van der Waals surface area contributed by atoms with Crippen LogP contribution < -0.4 is 5.32 Å². The second-order valence-corrected chi connectivity index (χ2v) is 1.44. The van der Waals surface area contributed by atoms with E-state index in [9.17, 15) is 4.79 Å². The van der Waals surface area contributed by atoms with E-state index in [1.165, 1.54) is 6.08 Å². The first kappa shape index (κ1) is 8.17. The molecule has 0 radical (unpaired) electrons. The van der Waals surface area contributed by atoms with E-state index in [0.29, 0.717) is 6.61 Å². The molecule has 0 heterocycles. The molecule has 0 spiro atoms. The summed E-state index contributed by atoms with van der Waals surface area (Å²) in [5.41, 5.74) is 0. The molecular formula is C6H11NO2. The SMILES string of the molecule is COCCN/C=C\C=O. The van der Waals surface area contributed by atoms with Crippen molar-refractivity contribution in [3.05, 3.63) is 12.3 Å². The lowest BCUT2D eigenvalue weighted by Gasteiger charge is -1.95. The summed E-state index contributed by atoms with van der Waals surface area (Å²) in [6.07, 6.45) is 3.71. The number of allylic oxidation sites excluding steroid dienone is 1. The molecule has 52 valence electrons. The van der Waals surface area contributed by atoms with Gasteiger partial charge in [-0.3, -0.25) is 4.79 Å². The highest BCUT2D eigenvalue weighted by Crippen LogP contribution is 1.64. The van der Waals surface area contributed by atoms with Gasteiger partial charge >= 0.3 is 0 Å². The Labute approximate surface area is 54.7 Å². The summed E-state index contributed by atoms with van der Waals surface area (Å²) in [4.78, 5) is 9.68. The van der Waals surface area contributed by atoms with Gasteiger partial charge in [0.15, 0.2) is 0 Å². The summed E-state index contributed by atoms with van der Waals surface area (Å²) in [5.74, 6) is 0. The van der Waals surface area contributed by atoms with Crippen molar-refractivity contribution in [3.8, 4) is 0 Å². The summed E-state index contributed by atoms with van der Waals surface area (Å²) < 4.78 is 4.74. The molecule has 3 nitrogen and oxygen atoms in total. The van der Waals surface area contributed by atoms with Crippen LogP contribution in [0.1, 0.15) is 0 Å². The summed E-state index contributed by atoms with van der Waals surface area (Å²) in [6, 6.07) is 0. The molecule has 1 N–H and O–H groups in total. The first-order valence-corrected chi connectivity index (χ1v) is 2.74. The molecule has 0 aromatic carbocycles. The maximum Gasteiger partial charge on any atom is 0.144 e. The molecule has 0 saturated carbocycles. The minimum Gasteiger partial charge on any atom is -0.388 e. The maximum atomic E-state index is 9.68. The molecule has 0 rings (SSSR count). The van der Waals surface area contributed by atoms with E-state index >= 15 is 0 Å². The number of rotatable bonds is 5. The number of methoxy groups -OCH3 is 1. The Hall–Kier alpha value is -0.830. The molecule has 0 fully saturated rings. The zero-order chi connectivity index (χ0) is 6.95. The molecule has 0 aliphatic rings. The zero-order valence-corrected chi connectivity index (χ0v) is 5.46. The second kappa shape index (κ2) is 7.17. The van der Waals surface area contributed by atoms with Crippen LogP contribution in [0.4, 0.5) is 0 Å². The number of aldehydes is 1. The molecule has 0 unspecified atom stereocenters. The fourth-order valence-corrected chi connectivity index (χ4v) is 0.352. The van der Waals surface area contributed by atoms with Gasteiger partial charge in [0.2, 0.25) is 0 Å². The number of carbonyl (C=O) groups is 1. The number of hydrogen-bond donors (Lipinski definition) is 1. The Morgan fingerprint density at radius 3 is 3.00 bits per heavy atom. The number of nitrogens with one attached hydrogen (secondary N) is 1. The average Bonchev–Trinajstić information content (AvgIpc) is 1.89. The van der Waals surface area contributed by atoms with Crippen molar-refractivity contribution in [2.75, 3.05) is 20.3 Å². The first-order valence-electron chi connectivity index (χ1n) is 2.74. The third-order valence-electron chi connectivity index (χ3n) is 0.743. The van der Waals surface area contributed by atoms with Crippen molar-refractivity contribution < 1.29 is 9.53 Å². The van der Waals surface area contributed by atoms with Crippen molar-refractivity contribution in [1.29, 1.82) is 0 Å². The number of hydrogen-bond acceptors (Lipinski definition) is 3. The highest BCUT2D eigenvalue weighted by atomic mass is 16.5. The van der Waals surface area contributed by atoms with Gasteiger partial charge in [0.25, 0.3) is 0 Å². The third kappa shape index (κ3) is 7.17. The molecule has 0 aromatic rings. The monoisotopic (exact) mass is 129 g/mol. The van der Waals surface area contributed by atoms with Crippen LogP contribution in [0.25, 0.3) is 0 Å². The third-order valence-corrected chi connectivity index (χ3v) is 0.743. The van der Waals surface area contributed by atoms with Crippen molar-refractivity contribution in [2.45, 2.75) is 0 Å². The predicted molar refractivity (Wildman–Crippen MR) is 35.1 cm³/mol. The predicted octanol–water partition coefficient (Wildman–Crippen LogP) is -0.0650. The van der Waals surface area contributed by atoms with Crippen LogP contribution >= 0.6 is 0 Å². The molecular weight excluding hydrogens is 118 g/mol. The lowest BCUT2D eigenvalue weighted by Crippen LogP contribution is -2.11. The maximum absolute atomic E-state index is 9.68. The van der Waals surface area contributed by atoms with E-state index in [0.717, 1.165) is 12.8 Å². The Bertz CT molecular complexity index is 91.1. The summed E-state index contributed by atoms with van der Waals surface area (Å²) in [6.45, 7) is 1.39.